The molecule has 1 aromatic rings. The van der Waals surface area contributed by atoms with Crippen molar-refractivity contribution in [1.82, 2.24) is 0 Å². The van der Waals surface area contributed by atoms with Crippen molar-refractivity contribution in [3.05, 3.63) is 28.7 Å². The quantitative estimate of drug-likeness (QED) is 0.893. The van der Waals surface area contributed by atoms with Crippen molar-refractivity contribution in [1.29, 1.82) is 0 Å². The molecule has 1 N–H and O–H groups in total. The van der Waals surface area contributed by atoms with Gasteiger partial charge in [-0.1, -0.05) is 29.8 Å². The average molecular weight is 273 g/mol. The van der Waals surface area contributed by atoms with E-state index in [1.807, 2.05) is 24.3 Å². The van der Waals surface area contributed by atoms with E-state index in [9.17, 15) is 0 Å². The van der Waals surface area contributed by atoms with Gasteiger partial charge in [0.05, 0.1) is 6.61 Å². The van der Waals surface area contributed by atoms with E-state index in [0.717, 1.165) is 10.2 Å². The molecule has 15 heavy (non-hydrogen) atoms. The van der Waals surface area contributed by atoms with Crippen LogP contribution in [-0.4, -0.2) is 18.3 Å². The molecule has 1 rings (SSSR count). The monoisotopic (exact) mass is 272 g/mol. The third-order valence-corrected chi connectivity index (χ3v) is 2.98. The highest BCUT2D eigenvalue weighted by Crippen LogP contribution is 2.18. The molecule has 1 aromatic carbocycles. The van der Waals surface area contributed by atoms with Gasteiger partial charge in [-0.25, -0.2) is 0 Å². The summed E-state index contributed by atoms with van der Waals surface area (Å²) < 4.78 is 6.63. The van der Waals surface area contributed by atoms with Crippen LogP contribution in [0.15, 0.2) is 28.7 Å². The van der Waals surface area contributed by atoms with E-state index in [0.29, 0.717) is 12.5 Å². The lowest BCUT2D eigenvalue weighted by Gasteiger charge is -2.18. The Kier molecular flexibility index (Phi) is 5.12. The zero-order valence-corrected chi connectivity index (χ0v) is 10.7. The van der Waals surface area contributed by atoms with Gasteiger partial charge in [0.25, 0.3) is 0 Å². The predicted octanol–water partition coefficient (Wildman–Crippen LogP) is 3.09. The van der Waals surface area contributed by atoms with Gasteiger partial charge in [-0.2, -0.15) is 0 Å². The number of benzene rings is 1. The van der Waals surface area contributed by atoms with Gasteiger partial charge in [0.15, 0.2) is 0 Å². The molecule has 0 saturated heterocycles. The molecule has 0 heterocycles. The Morgan fingerprint density at radius 1 is 1.27 bits per heavy atom. The first-order valence-electron chi connectivity index (χ1n) is 5.12. The molecule has 0 spiro atoms. The first-order valence-corrected chi connectivity index (χ1v) is 5.92. The summed E-state index contributed by atoms with van der Waals surface area (Å²) in [6.45, 7) is 4.92. The minimum absolute atomic E-state index is 0.175. The molecule has 0 aliphatic heterocycles. The summed E-state index contributed by atoms with van der Waals surface area (Å²) in [7, 11) is 0. The normalized spacial score (nSPS) is 12.9. The fourth-order valence-electron chi connectivity index (χ4n) is 1.19. The smallest absolute Gasteiger partial charge is 0.119 e. The Labute approximate surface area is 99.4 Å². The molecule has 0 fully saturated rings. The maximum atomic E-state index is 9.13. The zero-order valence-electron chi connectivity index (χ0n) is 9.11. The topological polar surface area (TPSA) is 29.5 Å². The SMILES string of the molecule is CC(C)C(CO)COc1ccc(Br)cc1. The number of hydrogen-bond acceptors (Lipinski definition) is 2. The van der Waals surface area contributed by atoms with Crippen LogP contribution in [0.1, 0.15) is 13.8 Å². The third-order valence-electron chi connectivity index (χ3n) is 2.46. The minimum Gasteiger partial charge on any atom is -0.493 e. The molecule has 0 bridgehead atoms. The lowest BCUT2D eigenvalue weighted by molar-refractivity contribution is 0.130. The number of halogens is 1. The van der Waals surface area contributed by atoms with Crippen molar-refractivity contribution in [2.75, 3.05) is 13.2 Å². The number of hydrogen-bond donors (Lipinski definition) is 1. The Bertz CT molecular complexity index is 282. The van der Waals surface area contributed by atoms with Crippen molar-refractivity contribution in [2.24, 2.45) is 11.8 Å². The van der Waals surface area contributed by atoms with Crippen molar-refractivity contribution in [3.63, 3.8) is 0 Å². The van der Waals surface area contributed by atoms with Crippen LogP contribution in [0.2, 0.25) is 0 Å². The van der Waals surface area contributed by atoms with Gasteiger partial charge in [-0.15, -0.1) is 0 Å². The van der Waals surface area contributed by atoms with Crippen LogP contribution in [0.3, 0.4) is 0 Å². The second-order valence-corrected chi connectivity index (χ2v) is 4.87. The maximum Gasteiger partial charge on any atom is 0.119 e. The van der Waals surface area contributed by atoms with Crippen molar-refractivity contribution >= 4 is 15.9 Å². The van der Waals surface area contributed by atoms with Gasteiger partial charge in [0, 0.05) is 17.0 Å². The lowest BCUT2D eigenvalue weighted by atomic mass is 9.98. The molecular formula is C12H17BrO2. The van der Waals surface area contributed by atoms with Crippen LogP contribution < -0.4 is 4.74 Å². The Morgan fingerprint density at radius 3 is 2.33 bits per heavy atom. The fourth-order valence-corrected chi connectivity index (χ4v) is 1.45. The lowest BCUT2D eigenvalue weighted by Crippen LogP contribution is -2.21. The first-order chi connectivity index (χ1) is 7.13. The summed E-state index contributed by atoms with van der Waals surface area (Å²) >= 11 is 3.37. The van der Waals surface area contributed by atoms with Crippen molar-refractivity contribution < 1.29 is 9.84 Å². The highest BCUT2D eigenvalue weighted by atomic mass is 79.9. The number of aliphatic hydroxyl groups excluding tert-OH is 1. The van der Waals surface area contributed by atoms with Crippen LogP contribution in [-0.2, 0) is 0 Å². The average Bonchev–Trinajstić information content (AvgIpc) is 2.21. The van der Waals surface area contributed by atoms with Gasteiger partial charge < -0.3 is 9.84 Å². The van der Waals surface area contributed by atoms with Gasteiger partial charge in [-0.3, -0.25) is 0 Å². The van der Waals surface area contributed by atoms with E-state index in [1.54, 1.807) is 0 Å². The summed E-state index contributed by atoms with van der Waals surface area (Å²) in [5.74, 6) is 1.48. The van der Waals surface area contributed by atoms with E-state index >= 15 is 0 Å². The van der Waals surface area contributed by atoms with E-state index in [-0.39, 0.29) is 12.5 Å². The third kappa shape index (κ3) is 4.22. The molecule has 0 amide bonds. The summed E-state index contributed by atoms with van der Waals surface area (Å²) in [4.78, 5) is 0. The molecule has 2 nitrogen and oxygen atoms in total. The van der Waals surface area contributed by atoms with Crippen LogP contribution in [0, 0.1) is 11.8 Å². The summed E-state index contributed by atoms with van der Waals surface area (Å²) in [6, 6.07) is 7.72. The van der Waals surface area contributed by atoms with Crippen LogP contribution in [0.5, 0.6) is 5.75 Å². The molecule has 1 unspecified atom stereocenters. The van der Waals surface area contributed by atoms with Gasteiger partial charge >= 0.3 is 0 Å². The zero-order chi connectivity index (χ0) is 11.3. The van der Waals surface area contributed by atoms with E-state index in [4.69, 9.17) is 9.84 Å². The van der Waals surface area contributed by atoms with E-state index in [2.05, 4.69) is 29.8 Å². The molecule has 0 aromatic heterocycles. The second-order valence-electron chi connectivity index (χ2n) is 3.95. The Hall–Kier alpha value is -0.540. The highest BCUT2D eigenvalue weighted by Gasteiger charge is 2.12. The first kappa shape index (κ1) is 12.5. The second kappa shape index (κ2) is 6.13. The summed E-state index contributed by atoms with van der Waals surface area (Å²) in [6.07, 6.45) is 0. The van der Waals surface area contributed by atoms with Gasteiger partial charge in [-0.05, 0) is 30.2 Å². The molecular weight excluding hydrogens is 256 g/mol. The molecule has 0 radical (unpaired) electrons. The maximum absolute atomic E-state index is 9.13. The Morgan fingerprint density at radius 2 is 1.87 bits per heavy atom. The predicted molar refractivity (Wildman–Crippen MR) is 65.1 cm³/mol. The molecule has 1 atom stereocenters. The van der Waals surface area contributed by atoms with Gasteiger partial charge in [0.2, 0.25) is 0 Å². The largest absolute Gasteiger partial charge is 0.493 e. The number of ether oxygens (including phenoxy) is 1. The van der Waals surface area contributed by atoms with Crippen LogP contribution >= 0.6 is 15.9 Å². The van der Waals surface area contributed by atoms with Crippen LogP contribution in [0.4, 0.5) is 0 Å². The number of aliphatic hydroxyl groups is 1. The molecule has 84 valence electrons. The van der Waals surface area contributed by atoms with Crippen molar-refractivity contribution in [3.8, 4) is 5.75 Å². The summed E-state index contributed by atoms with van der Waals surface area (Å²) in [5, 5.41) is 9.13. The van der Waals surface area contributed by atoms with Crippen molar-refractivity contribution in [2.45, 2.75) is 13.8 Å². The Balaban J connectivity index is 2.45. The highest BCUT2D eigenvalue weighted by molar-refractivity contribution is 9.10. The molecule has 0 aliphatic carbocycles. The fraction of sp³-hybridized carbons (Fsp3) is 0.500. The molecule has 0 saturated carbocycles. The van der Waals surface area contributed by atoms with E-state index in [1.165, 1.54) is 0 Å². The standard InChI is InChI=1S/C12H17BrO2/c1-9(2)10(7-14)8-15-12-5-3-11(13)4-6-12/h3-6,9-10,14H,7-8H2,1-2H3. The van der Waals surface area contributed by atoms with Gasteiger partial charge in [0.1, 0.15) is 5.75 Å². The van der Waals surface area contributed by atoms with Crippen LogP contribution in [0.25, 0.3) is 0 Å². The molecule has 3 heteroatoms. The minimum atomic E-state index is 0.175. The molecule has 0 aliphatic rings. The summed E-state index contributed by atoms with van der Waals surface area (Å²) in [5.41, 5.74) is 0. The number of rotatable bonds is 5. The van der Waals surface area contributed by atoms with E-state index < -0.39 is 0 Å².